The Hall–Kier alpha value is -4.01. The molecule has 0 aliphatic heterocycles. The van der Waals surface area contributed by atoms with Gasteiger partial charge in [-0.2, -0.15) is 0 Å². The summed E-state index contributed by atoms with van der Waals surface area (Å²) < 4.78 is 0. The molecule has 0 aliphatic rings. The molecule has 1 heterocycles. The van der Waals surface area contributed by atoms with Crippen LogP contribution in [0.5, 0.6) is 0 Å². The van der Waals surface area contributed by atoms with Gasteiger partial charge in [-0.15, -0.1) is 0 Å². The molecule has 9 heteroatoms. The SMILES string of the molecule is CC(Nc1ncnc(Nc2ccc(C(=O)O)cc2)c1[N+](=O)[O-])c1ccccc1. The zero-order chi connectivity index (χ0) is 20.1. The largest absolute Gasteiger partial charge is 0.478 e. The molecule has 2 aromatic carbocycles. The van der Waals surface area contributed by atoms with E-state index in [-0.39, 0.29) is 28.9 Å². The van der Waals surface area contributed by atoms with Crippen molar-refractivity contribution in [3.8, 4) is 0 Å². The second-order valence-electron chi connectivity index (χ2n) is 5.96. The first-order valence-electron chi connectivity index (χ1n) is 8.37. The van der Waals surface area contributed by atoms with Crippen LogP contribution in [-0.2, 0) is 0 Å². The highest BCUT2D eigenvalue weighted by atomic mass is 16.6. The van der Waals surface area contributed by atoms with E-state index in [0.29, 0.717) is 5.69 Å². The van der Waals surface area contributed by atoms with Crippen molar-refractivity contribution in [3.63, 3.8) is 0 Å². The molecule has 9 nitrogen and oxygen atoms in total. The van der Waals surface area contributed by atoms with Crippen molar-refractivity contribution < 1.29 is 14.8 Å². The normalized spacial score (nSPS) is 11.5. The summed E-state index contributed by atoms with van der Waals surface area (Å²) in [5.74, 6) is -0.965. The van der Waals surface area contributed by atoms with E-state index in [1.807, 2.05) is 37.3 Å². The van der Waals surface area contributed by atoms with Crippen molar-refractivity contribution in [1.29, 1.82) is 0 Å². The maximum absolute atomic E-state index is 11.7. The molecule has 3 N–H and O–H groups in total. The summed E-state index contributed by atoms with van der Waals surface area (Å²) in [7, 11) is 0. The molecular weight excluding hydrogens is 362 g/mol. The number of benzene rings is 2. The fraction of sp³-hybridized carbons (Fsp3) is 0.105. The minimum absolute atomic E-state index is 0.00540. The average Bonchev–Trinajstić information content (AvgIpc) is 2.69. The number of hydrogen-bond acceptors (Lipinski definition) is 7. The van der Waals surface area contributed by atoms with Gasteiger partial charge >= 0.3 is 11.7 Å². The third-order valence-electron chi connectivity index (χ3n) is 4.05. The van der Waals surface area contributed by atoms with Crippen molar-refractivity contribution in [2.75, 3.05) is 10.6 Å². The van der Waals surface area contributed by atoms with E-state index in [4.69, 9.17) is 5.11 Å². The maximum Gasteiger partial charge on any atom is 0.353 e. The molecule has 0 amide bonds. The van der Waals surface area contributed by atoms with E-state index in [9.17, 15) is 14.9 Å². The predicted octanol–water partition coefficient (Wildman–Crippen LogP) is 4.00. The minimum atomic E-state index is -1.05. The predicted molar refractivity (Wildman–Crippen MR) is 104 cm³/mol. The lowest BCUT2D eigenvalue weighted by Crippen LogP contribution is -2.11. The van der Waals surface area contributed by atoms with Crippen LogP contribution in [0.3, 0.4) is 0 Å². The van der Waals surface area contributed by atoms with Crippen LogP contribution < -0.4 is 10.6 Å². The summed E-state index contributed by atoms with van der Waals surface area (Å²) in [4.78, 5) is 30.0. The lowest BCUT2D eigenvalue weighted by molar-refractivity contribution is -0.383. The molecule has 1 unspecified atom stereocenters. The van der Waals surface area contributed by atoms with Crippen molar-refractivity contribution in [1.82, 2.24) is 9.97 Å². The Labute approximate surface area is 160 Å². The van der Waals surface area contributed by atoms with Gasteiger partial charge in [-0.05, 0) is 36.8 Å². The first-order valence-corrected chi connectivity index (χ1v) is 8.37. The molecule has 0 saturated heterocycles. The molecule has 0 radical (unpaired) electrons. The Kier molecular flexibility index (Phi) is 5.45. The number of carboxylic acid groups (broad SMARTS) is 1. The number of aromatic nitrogens is 2. The lowest BCUT2D eigenvalue weighted by Gasteiger charge is -2.16. The Morgan fingerprint density at radius 1 is 1.07 bits per heavy atom. The summed E-state index contributed by atoms with van der Waals surface area (Å²) in [6.07, 6.45) is 1.22. The molecule has 0 fully saturated rings. The maximum atomic E-state index is 11.7. The second kappa shape index (κ2) is 8.12. The molecule has 0 spiro atoms. The van der Waals surface area contributed by atoms with E-state index < -0.39 is 10.9 Å². The minimum Gasteiger partial charge on any atom is -0.478 e. The molecule has 1 atom stereocenters. The van der Waals surface area contributed by atoms with E-state index in [0.717, 1.165) is 5.56 Å². The van der Waals surface area contributed by atoms with Crippen LogP contribution >= 0.6 is 0 Å². The van der Waals surface area contributed by atoms with Crippen LogP contribution in [0.4, 0.5) is 23.0 Å². The van der Waals surface area contributed by atoms with Crippen LogP contribution in [0.15, 0.2) is 60.9 Å². The topological polar surface area (TPSA) is 130 Å². The number of carboxylic acids is 1. The highest BCUT2D eigenvalue weighted by Gasteiger charge is 2.24. The van der Waals surface area contributed by atoms with Gasteiger partial charge in [0.05, 0.1) is 16.5 Å². The highest BCUT2D eigenvalue weighted by Crippen LogP contribution is 2.33. The van der Waals surface area contributed by atoms with Crippen LogP contribution in [-0.4, -0.2) is 26.0 Å². The van der Waals surface area contributed by atoms with Gasteiger partial charge in [-0.3, -0.25) is 10.1 Å². The number of carbonyl (C=O) groups is 1. The molecule has 0 aliphatic carbocycles. The van der Waals surface area contributed by atoms with E-state index in [2.05, 4.69) is 20.6 Å². The number of hydrogen-bond donors (Lipinski definition) is 3. The summed E-state index contributed by atoms with van der Waals surface area (Å²) >= 11 is 0. The van der Waals surface area contributed by atoms with Crippen molar-refractivity contribution in [3.05, 3.63) is 82.2 Å². The van der Waals surface area contributed by atoms with E-state index in [1.165, 1.54) is 30.6 Å². The number of anilines is 3. The molecule has 28 heavy (non-hydrogen) atoms. The summed E-state index contributed by atoms with van der Waals surface area (Å²) in [6.45, 7) is 1.87. The van der Waals surface area contributed by atoms with Crippen LogP contribution in [0, 0.1) is 10.1 Å². The van der Waals surface area contributed by atoms with Gasteiger partial charge in [0.1, 0.15) is 6.33 Å². The molecule has 142 valence electrons. The molecule has 3 aromatic rings. The summed E-state index contributed by atoms with van der Waals surface area (Å²) in [5, 5.41) is 26.5. The van der Waals surface area contributed by atoms with Gasteiger partial charge in [0.25, 0.3) is 0 Å². The quantitative estimate of drug-likeness (QED) is 0.415. The second-order valence-corrected chi connectivity index (χ2v) is 5.96. The Morgan fingerprint density at radius 2 is 1.71 bits per heavy atom. The van der Waals surface area contributed by atoms with Crippen LogP contribution in [0.1, 0.15) is 28.9 Å². The zero-order valence-electron chi connectivity index (χ0n) is 14.9. The Morgan fingerprint density at radius 3 is 2.32 bits per heavy atom. The number of rotatable bonds is 7. The van der Waals surface area contributed by atoms with Gasteiger partial charge in [0.2, 0.25) is 11.6 Å². The molecular formula is C19H17N5O4. The standard InChI is InChI=1S/C19H17N5O4/c1-12(13-5-3-2-4-6-13)22-17-16(24(27)28)18(21-11-20-17)23-15-9-7-14(8-10-15)19(25)26/h2-12H,1H3,(H,25,26)(H2,20,21,22,23). The fourth-order valence-electron chi connectivity index (χ4n) is 2.61. The van der Waals surface area contributed by atoms with Crippen molar-refractivity contribution in [2.45, 2.75) is 13.0 Å². The number of nitrogens with zero attached hydrogens (tertiary/aromatic N) is 3. The van der Waals surface area contributed by atoms with Gasteiger partial charge in [-0.1, -0.05) is 30.3 Å². The number of nitrogens with one attached hydrogen (secondary N) is 2. The molecule has 0 saturated carbocycles. The first kappa shape index (κ1) is 18.8. The third-order valence-corrected chi connectivity index (χ3v) is 4.05. The van der Waals surface area contributed by atoms with Crippen molar-refractivity contribution in [2.24, 2.45) is 0 Å². The summed E-state index contributed by atoms with van der Waals surface area (Å²) in [5.41, 5.74) is 1.23. The molecule has 1 aromatic heterocycles. The fourth-order valence-corrected chi connectivity index (χ4v) is 2.61. The van der Waals surface area contributed by atoms with Gasteiger partial charge < -0.3 is 15.7 Å². The first-order chi connectivity index (χ1) is 13.5. The molecule has 0 bridgehead atoms. The number of aromatic carboxylic acids is 1. The monoisotopic (exact) mass is 379 g/mol. The third kappa shape index (κ3) is 4.21. The molecule has 3 rings (SSSR count). The zero-order valence-corrected chi connectivity index (χ0v) is 14.9. The van der Waals surface area contributed by atoms with Gasteiger partial charge in [0.15, 0.2) is 0 Å². The van der Waals surface area contributed by atoms with E-state index in [1.54, 1.807) is 0 Å². The highest BCUT2D eigenvalue weighted by molar-refractivity contribution is 5.88. The van der Waals surface area contributed by atoms with Crippen molar-refractivity contribution >= 4 is 29.0 Å². The number of nitro groups is 1. The smallest absolute Gasteiger partial charge is 0.353 e. The van der Waals surface area contributed by atoms with Gasteiger partial charge in [0, 0.05) is 5.69 Å². The Balaban J connectivity index is 1.89. The van der Waals surface area contributed by atoms with Gasteiger partial charge in [-0.25, -0.2) is 14.8 Å². The Bertz CT molecular complexity index is 993. The van der Waals surface area contributed by atoms with E-state index >= 15 is 0 Å². The van der Waals surface area contributed by atoms with Crippen LogP contribution in [0.2, 0.25) is 0 Å². The average molecular weight is 379 g/mol. The van der Waals surface area contributed by atoms with Crippen LogP contribution in [0.25, 0.3) is 0 Å². The lowest BCUT2D eigenvalue weighted by atomic mass is 10.1. The summed E-state index contributed by atoms with van der Waals surface area (Å²) in [6, 6.07) is 15.1.